The minimum Gasteiger partial charge on any atom is -0.492 e. The van der Waals surface area contributed by atoms with E-state index >= 15 is 0 Å². The number of nitrogens with one attached hydrogen (secondary N) is 1. The summed E-state index contributed by atoms with van der Waals surface area (Å²) in [5, 5.41) is 2.95. The molecule has 2 aromatic rings. The summed E-state index contributed by atoms with van der Waals surface area (Å²) in [5.74, 6) is 0.511. The normalized spacial score (nSPS) is 16.0. The first-order chi connectivity index (χ1) is 10.8. The maximum absolute atomic E-state index is 12.4. The van der Waals surface area contributed by atoms with E-state index in [2.05, 4.69) is 5.32 Å². The van der Waals surface area contributed by atoms with Crippen LogP contribution in [0.1, 0.15) is 24.0 Å². The molecule has 0 fully saturated rings. The number of fused-ring (bicyclic) bond motifs is 1. The van der Waals surface area contributed by atoms with Gasteiger partial charge in [-0.3, -0.25) is 4.79 Å². The van der Waals surface area contributed by atoms with Gasteiger partial charge in [0.05, 0.1) is 6.61 Å². The Morgan fingerprint density at radius 1 is 1.23 bits per heavy atom. The zero-order valence-electron chi connectivity index (χ0n) is 12.5. The molecule has 0 saturated carbocycles. The third-order valence-corrected chi connectivity index (χ3v) is 3.71. The van der Waals surface area contributed by atoms with Crippen molar-refractivity contribution in [3.63, 3.8) is 0 Å². The number of hydrogen-bond donors (Lipinski definition) is 1. The van der Waals surface area contributed by atoms with Crippen LogP contribution in [0, 0.1) is 0 Å². The number of anilines is 1. The van der Waals surface area contributed by atoms with Crippen LogP contribution >= 0.6 is 0 Å². The van der Waals surface area contributed by atoms with E-state index in [1.165, 1.54) is 0 Å². The second kappa shape index (κ2) is 6.62. The third-order valence-electron chi connectivity index (χ3n) is 3.71. The molecule has 4 heteroatoms. The molecule has 0 aliphatic carbocycles. The first-order valence-corrected chi connectivity index (χ1v) is 7.47. The molecule has 4 nitrogen and oxygen atoms in total. The Morgan fingerprint density at radius 2 is 2.00 bits per heavy atom. The minimum absolute atomic E-state index is 0.0393. The quantitative estimate of drug-likeness (QED) is 0.920. The largest absolute Gasteiger partial charge is 0.492 e. The SMILES string of the molecule is CCOCc1ccc(NC(=O)C2COc3ccccc32)cc1. The lowest BCUT2D eigenvalue weighted by Crippen LogP contribution is -2.22. The van der Waals surface area contributed by atoms with Crippen LogP contribution in [0.2, 0.25) is 0 Å². The lowest BCUT2D eigenvalue weighted by atomic mass is 10.0. The molecule has 0 spiro atoms. The van der Waals surface area contributed by atoms with Gasteiger partial charge >= 0.3 is 0 Å². The van der Waals surface area contributed by atoms with Crippen LogP contribution < -0.4 is 10.1 Å². The van der Waals surface area contributed by atoms with Crippen molar-refractivity contribution in [3.05, 3.63) is 59.7 Å². The number of amides is 1. The third kappa shape index (κ3) is 3.12. The number of para-hydroxylation sites is 1. The van der Waals surface area contributed by atoms with E-state index in [1.54, 1.807) is 0 Å². The van der Waals surface area contributed by atoms with Gasteiger partial charge in [0.15, 0.2) is 0 Å². The van der Waals surface area contributed by atoms with Crippen LogP contribution in [0.3, 0.4) is 0 Å². The fraction of sp³-hybridized carbons (Fsp3) is 0.278. The van der Waals surface area contributed by atoms with Gasteiger partial charge in [-0.05, 0) is 30.7 Å². The zero-order valence-corrected chi connectivity index (χ0v) is 12.5. The second-order valence-corrected chi connectivity index (χ2v) is 5.22. The minimum atomic E-state index is -0.251. The Hall–Kier alpha value is -2.33. The highest BCUT2D eigenvalue weighted by molar-refractivity contribution is 5.96. The number of carbonyl (C=O) groups excluding carboxylic acids is 1. The Balaban J connectivity index is 1.65. The number of hydrogen-bond acceptors (Lipinski definition) is 3. The lowest BCUT2D eigenvalue weighted by Gasteiger charge is -2.11. The molecule has 0 radical (unpaired) electrons. The Morgan fingerprint density at radius 3 is 2.77 bits per heavy atom. The summed E-state index contributed by atoms with van der Waals surface area (Å²) in [6.45, 7) is 3.65. The molecule has 3 rings (SSSR count). The van der Waals surface area contributed by atoms with Crippen molar-refractivity contribution in [2.24, 2.45) is 0 Å². The van der Waals surface area contributed by atoms with Crippen molar-refractivity contribution in [3.8, 4) is 5.75 Å². The molecule has 0 saturated heterocycles. The van der Waals surface area contributed by atoms with Crippen molar-refractivity contribution < 1.29 is 14.3 Å². The predicted molar refractivity (Wildman–Crippen MR) is 85.1 cm³/mol. The van der Waals surface area contributed by atoms with Crippen LogP contribution in [0.15, 0.2) is 48.5 Å². The smallest absolute Gasteiger partial charge is 0.235 e. The number of benzene rings is 2. The summed E-state index contributed by atoms with van der Waals surface area (Å²) < 4.78 is 10.9. The van der Waals surface area contributed by atoms with Crippen LogP contribution in [0.4, 0.5) is 5.69 Å². The molecule has 1 aliphatic heterocycles. The summed E-state index contributed by atoms with van der Waals surface area (Å²) in [5.41, 5.74) is 2.83. The Labute approximate surface area is 130 Å². The van der Waals surface area contributed by atoms with Gasteiger partial charge < -0.3 is 14.8 Å². The molecule has 22 heavy (non-hydrogen) atoms. The van der Waals surface area contributed by atoms with E-state index in [0.29, 0.717) is 19.8 Å². The first kappa shape index (κ1) is 14.6. The van der Waals surface area contributed by atoms with Gasteiger partial charge in [-0.2, -0.15) is 0 Å². The molecule has 1 heterocycles. The van der Waals surface area contributed by atoms with E-state index < -0.39 is 0 Å². The molecule has 1 atom stereocenters. The van der Waals surface area contributed by atoms with Crippen LogP contribution in [0.5, 0.6) is 5.75 Å². The molecule has 0 aromatic heterocycles. The summed E-state index contributed by atoms with van der Waals surface area (Å²) in [6, 6.07) is 15.4. The van der Waals surface area contributed by atoms with E-state index in [9.17, 15) is 4.79 Å². The molecule has 1 amide bonds. The first-order valence-electron chi connectivity index (χ1n) is 7.47. The van der Waals surface area contributed by atoms with Gasteiger partial charge in [-0.15, -0.1) is 0 Å². The van der Waals surface area contributed by atoms with E-state index in [4.69, 9.17) is 9.47 Å². The molecule has 1 N–H and O–H groups in total. The van der Waals surface area contributed by atoms with Crippen LogP contribution in [-0.2, 0) is 16.1 Å². The lowest BCUT2D eigenvalue weighted by molar-refractivity contribution is -0.117. The van der Waals surface area contributed by atoms with Crippen LogP contribution in [0.25, 0.3) is 0 Å². The standard InChI is InChI=1S/C18H19NO3/c1-2-21-11-13-7-9-14(10-8-13)19-18(20)16-12-22-17-6-4-3-5-15(16)17/h3-10,16H,2,11-12H2,1H3,(H,19,20). The van der Waals surface area contributed by atoms with E-state index in [-0.39, 0.29) is 11.8 Å². The maximum Gasteiger partial charge on any atom is 0.235 e. The van der Waals surface area contributed by atoms with Crippen molar-refractivity contribution in [2.75, 3.05) is 18.5 Å². The number of rotatable bonds is 5. The molecule has 114 valence electrons. The molecule has 1 unspecified atom stereocenters. The summed E-state index contributed by atoms with van der Waals surface area (Å²) >= 11 is 0. The highest BCUT2D eigenvalue weighted by atomic mass is 16.5. The molecular formula is C18H19NO3. The molecule has 1 aliphatic rings. The molecular weight excluding hydrogens is 278 g/mol. The Bertz CT molecular complexity index is 652. The summed E-state index contributed by atoms with van der Waals surface area (Å²) in [6.07, 6.45) is 0. The summed E-state index contributed by atoms with van der Waals surface area (Å²) in [4.78, 5) is 12.4. The van der Waals surface area contributed by atoms with E-state index in [0.717, 1.165) is 22.6 Å². The van der Waals surface area contributed by atoms with Gasteiger partial charge in [0.25, 0.3) is 0 Å². The van der Waals surface area contributed by atoms with Gasteiger partial charge in [-0.25, -0.2) is 0 Å². The van der Waals surface area contributed by atoms with E-state index in [1.807, 2.05) is 55.5 Å². The fourth-order valence-electron chi connectivity index (χ4n) is 2.51. The highest BCUT2D eigenvalue weighted by Gasteiger charge is 2.29. The number of ether oxygens (including phenoxy) is 2. The number of carbonyl (C=O) groups is 1. The van der Waals surface area contributed by atoms with Crippen molar-refractivity contribution in [2.45, 2.75) is 19.4 Å². The Kier molecular flexibility index (Phi) is 4.39. The van der Waals surface area contributed by atoms with Crippen molar-refractivity contribution >= 4 is 11.6 Å². The van der Waals surface area contributed by atoms with Gasteiger partial charge in [0.1, 0.15) is 18.3 Å². The van der Waals surface area contributed by atoms with Crippen LogP contribution in [-0.4, -0.2) is 19.1 Å². The maximum atomic E-state index is 12.4. The topological polar surface area (TPSA) is 47.6 Å². The average Bonchev–Trinajstić information content (AvgIpc) is 2.98. The van der Waals surface area contributed by atoms with Crippen molar-refractivity contribution in [1.82, 2.24) is 0 Å². The fourth-order valence-corrected chi connectivity index (χ4v) is 2.51. The van der Waals surface area contributed by atoms with Crippen molar-refractivity contribution in [1.29, 1.82) is 0 Å². The highest BCUT2D eigenvalue weighted by Crippen LogP contribution is 2.34. The second-order valence-electron chi connectivity index (χ2n) is 5.22. The summed E-state index contributed by atoms with van der Waals surface area (Å²) in [7, 11) is 0. The van der Waals surface area contributed by atoms with Gasteiger partial charge in [-0.1, -0.05) is 30.3 Å². The van der Waals surface area contributed by atoms with Gasteiger partial charge in [0, 0.05) is 17.9 Å². The molecule has 0 bridgehead atoms. The monoisotopic (exact) mass is 297 g/mol. The predicted octanol–water partition coefficient (Wildman–Crippen LogP) is 3.34. The molecule has 2 aromatic carbocycles. The average molecular weight is 297 g/mol. The van der Waals surface area contributed by atoms with Gasteiger partial charge in [0.2, 0.25) is 5.91 Å². The zero-order chi connectivity index (χ0) is 15.4.